The van der Waals surface area contributed by atoms with Gasteiger partial charge in [-0.3, -0.25) is 23.6 Å². The highest BCUT2D eigenvalue weighted by molar-refractivity contribution is 7.07. The molecule has 314 valence electrons. The van der Waals surface area contributed by atoms with Crippen molar-refractivity contribution in [2.75, 3.05) is 29.4 Å². The molecule has 1 saturated heterocycles. The number of nitrogens with one attached hydrogen (secondary N) is 2. The van der Waals surface area contributed by atoms with E-state index < -0.39 is 0 Å². The predicted molar refractivity (Wildman–Crippen MR) is 249 cm³/mol. The SMILES string of the molecule is CC(C)N1c2nc(-c3c[nH]c4ccc(-c5cscn5)cc34)cc(=O)n2CC1(C)C.CC(C)N1c2nc(-c3c[nH]c4ccc(C#CCN5CCCC5)cc34)cc(=O)n2CC1(C)C. The molecule has 2 aromatic carbocycles. The summed E-state index contributed by atoms with van der Waals surface area (Å²) < 4.78 is 3.59. The van der Waals surface area contributed by atoms with E-state index in [9.17, 15) is 9.59 Å². The Hall–Kier alpha value is -5.97. The maximum absolute atomic E-state index is 13.0. The molecule has 12 nitrogen and oxygen atoms in total. The second-order valence-electron chi connectivity index (χ2n) is 18.4. The van der Waals surface area contributed by atoms with Gasteiger partial charge >= 0.3 is 0 Å². The molecule has 0 spiro atoms. The van der Waals surface area contributed by atoms with Crippen LogP contribution in [-0.4, -0.2) is 81.7 Å². The van der Waals surface area contributed by atoms with Gasteiger partial charge in [-0.05, 0) is 112 Å². The van der Waals surface area contributed by atoms with E-state index in [1.807, 2.05) is 29.4 Å². The van der Waals surface area contributed by atoms with E-state index in [1.165, 1.54) is 12.8 Å². The highest BCUT2D eigenvalue weighted by atomic mass is 32.1. The molecule has 5 aromatic heterocycles. The lowest BCUT2D eigenvalue weighted by molar-refractivity contribution is 0.383. The summed E-state index contributed by atoms with van der Waals surface area (Å²) in [5.41, 5.74) is 9.85. The van der Waals surface area contributed by atoms with Crippen LogP contribution in [0.3, 0.4) is 0 Å². The van der Waals surface area contributed by atoms with Gasteiger partial charge in [0.2, 0.25) is 11.9 Å². The van der Waals surface area contributed by atoms with E-state index in [2.05, 4.69) is 127 Å². The summed E-state index contributed by atoms with van der Waals surface area (Å²) >= 11 is 1.58. The third-order valence-electron chi connectivity index (χ3n) is 12.2. The lowest BCUT2D eigenvalue weighted by Crippen LogP contribution is -2.45. The molecule has 0 radical (unpaired) electrons. The van der Waals surface area contributed by atoms with Gasteiger partial charge in [0.1, 0.15) is 0 Å². The Kier molecular flexibility index (Phi) is 10.3. The maximum atomic E-state index is 13.0. The van der Waals surface area contributed by atoms with E-state index in [1.54, 1.807) is 32.6 Å². The van der Waals surface area contributed by atoms with Crippen molar-refractivity contribution in [1.29, 1.82) is 0 Å². The summed E-state index contributed by atoms with van der Waals surface area (Å²) in [5.74, 6) is 8.14. The Bertz CT molecular complexity index is 2950. The summed E-state index contributed by atoms with van der Waals surface area (Å²) in [6, 6.07) is 16.3. The van der Waals surface area contributed by atoms with Gasteiger partial charge in [-0.1, -0.05) is 17.9 Å². The fourth-order valence-corrected chi connectivity index (χ4v) is 10.3. The monoisotopic (exact) mass is 834 g/mol. The molecule has 1 fully saturated rings. The number of hydrogen-bond acceptors (Lipinski definition) is 9. The van der Waals surface area contributed by atoms with Crippen molar-refractivity contribution in [3.05, 3.63) is 98.1 Å². The summed E-state index contributed by atoms with van der Waals surface area (Å²) in [7, 11) is 0. The molecule has 3 aliphatic rings. The van der Waals surface area contributed by atoms with Gasteiger partial charge in [0.15, 0.2) is 0 Å². The first-order valence-electron chi connectivity index (χ1n) is 21.3. The highest BCUT2D eigenvalue weighted by Crippen LogP contribution is 2.38. The minimum Gasteiger partial charge on any atom is -0.360 e. The van der Waals surface area contributed by atoms with Crippen LogP contribution < -0.4 is 20.9 Å². The smallest absolute Gasteiger partial charge is 0.255 e. The largest absolute Gasteiger partial charge is 0.360 e. The van der Waals surface area contributed by atoms with Gasteiger partial charge in [0.05, 0.1) is 53.3 Å². The third kappa shape index (κ3) is 7.46. The first-order chi connectivity index (χ1) is 29.2. The zero-order valence-corrected chi connectivity index (χ0v) is 37.2. The molecule has 10 rings (SSSR count). The number of benzene rings is 2. The first-order valence-corrected chi connectivity index (χ1v) is 22.3. The second-order valence-corrected chi connectivity index (χ2v) is 19.1. The Morgan fingerprint density at radius 2 is 1.26 bits per heavy atom. The molecule has 13 heteroatoms. The average Bonchev–Trinajstić information content (AvgIpc) is 4.06. The number of aromatic amines is 2. The highest BCUT2D eigenvalue weighted by Gasteiger charge is 2.41. The van der Waals surface area contributed by atoms with Crippen molar-refractivity contribution in [3.63, 3.8) is 0 Å². The molecule has 0 unspecified atom stereocenters. The van der Waals surface area contributed by atoms with Gasteiger partial charge < -0.3 is 19.8 Å². The van der Waals surface area contributed by atoms with Gasteiger partial charge in [-0.15, -0.1) is 11.3 Å². The quantitative estimate of drug-likeness (QED) is 0.160. The molecular formula is C48H54N10O2S. The molecule has 0 amide bonds. The standard InChI is InChI=1S/C26H31N5O.C22H23N5OS/c1-18(2)31-25-28-23(15-24(32)30(25)17-26(31,3)4)21-16-27-22-10-9-19(14-20(21)22)8-7-13-29-11-5-6-12-29;1-13(2)27-21-25-18(8-20(28)26(21)11-22(27,3)4)16-9-23-17-6-5-14(7-15(16)17)19-10-29-12-24-19/h9-10,14-16,18,27H,5-6,11-13,17H2,1-4H3;5-10,12-13,23H,11H2,1-4H3. The van der Waals surface area contributed by atoms with E-state index in [-0.39, 0.29) is 34.3 Å². The van der Waals surface area contributed by atoms with Crippen molar-refractivity contribution in [1.82, 2.24) is 39.0 Å². The number of thiazole rings is 1. The van der Waals surface area contributed by atoms with Gasteiger partial charge in [0.25, 0.3) is 11.1 Å². The second kappa shape index (κ2) is 15.5. The van der Waals surface area contributed by atoms with Crippen LogP contribution in [-0.2, 0) is 13.1 Å². The zero-order chi connectivity index (χ0) is 42.8. The molecule has 2 N–H and O–H groups in total. The van der Waals surface area contributed by atoms with Crippen LogP contribution in [0.25, 0.3) is 55.6 Å². The number of rotatable bonds is 6. The van der Waals surface area contributed by atoms with Crippen molar-refractivity contribution >= 4 is 45.0 Å². The molecule has 7 aromatic rings. The number of aromatic nitrogens is 7. The minimum atomic E-state index is -0.149. The fraction of sp³-hybridized carbons (Fsp3) is 0.396. The van der Waals surface area contributed by atoms with Crippen LogP contribution >= 0.6 is 11.3 Å². The Labute approximate surface area is 360 Å². The molecular weight excluding hydrogens is 781 g/mol. The minimum absolute atomic E-state index is 0.00265. The Morgan fingerprint density at radius 3 is 1.79 bits per heavy atom. The van der Waals surface area contributed by atoms with Crippen molar-refractivity contribution < 1.29 is 0 Å². The van der Waals surface area contributed by atoms with Crippen LogP contribution in [0.5, 0.6) is 0 Å². The number of hydrogen-bond donors (Lipinski definition) is 2. The summed E-state index contributed by atoms with van der Waals surface area (Å²) in [4.78, 5) is 53.9. The summed E-state index contributed by atoms with van der Waals surface area (Å²) in [6.07, 6.45) is 6.44. The van der Waals surface area contributed by atoms with Crippen molar-refractivity contribution in [2.24, 2.45) is 0 Å². The van der Waals surface area contributed by atoms with E-state index in [0.717, 1.165) is 81.3 Å². The average molecular weight is 835 g/mol. The number of nitrogens with zero attached hydrogens (tertiary/aromatic N) is 8. The van der Waals surface area contributed by atoms with Crippen LogP contribution in [0, 0.1) is 11.8 Å². The number of fused-ring (bicyclic) bond motifs is 4. The predicted octanol–water partition coefficient (Wildman–Crippen LogP) is 8.37. The molecule has 3 aliphatic heterocycles. The van der Waals surface area contributed by atoms with E-state index in [4.69, 9.17) is 9.97 Å². The molecule has 0 saturated carbocycles. The Balaban J connectivity index is 0.000000157. The Morgan fingerprint density at radius 1 is 0.721 bits per heavy atom. The lowest BCUT2D eigenvalue weighted by atomic mass is 10.0. The van der Waals surface area contributed by atoms with Gasteiger partial charge in [-0.25, -0.2) is 15.0 Å². The maximum Gasteiger partial charge on any atom is 0.255 e. The first kappa shape index (κ1) is 40.4. The van der Waals surface area contributed by atoms with Crippen LogP contribution in [0.4, 0.5) is 11.9 Å². The van der Waals surface area contributed by atoms with E-state index in [0.29, 0.717) is 24.5 Å². The summed E-state index contributed by atoms with van der Waals surface area (Å²) in [5, 5.41) is 4.12. The molecule has 8 heterocycles. The molecule has 61 heavy (non-hydrogen) atoms. The van der Waals surface area contributed by atoms with Crippen molar-refractivity contribution in [3.8, 4) is 45.6 Å². The van der Waals surface area contributed by atoms with Crippen LogP contribution in [0.1, 0.15) is 73.8 Å². The lowest BCUT2D eigenvalue weighted by Gasteiger charge is -2.35. The molecule has 0 bridgehead atoms. The van der Waals surface area contributed by atoms with E-state index >= 15 is 0 Å². The zero-order valence-electron chi connectivity index (χ0n) is 36.3. The number of H-pyrrole nitrogens is 2. The molecule has 0 atom stereocenters. The third-order valence-corrected chi connectivity index (χ3v) is 12.8. The topological polar surface area (TPSA) is 124 Å². The number of likely N-dealkylation sites (tertiary alicyclic amines) is 1. The fourth-order valence-electron chi connectivity index (χ4n) is 9.71. The molecule has 0 aliphatic carbocycles. The van der Waals surface area contributed by atoms with Gasteiger partial charge in [0, 0.05) is 86.0 Å². The van der Waals surface area contributed by atoms with Crippen LogP contribution in [0.15, 0.2) is 81.4 Å². The van der Waals surface area contributed by atoms with Gasteiger partial charge in [-0.2, -0.15) is 0 Å². The summed E-state index contributed by atoms with van der Waals surface area (Å²) in [6.45, 7) is 21.7. The van der Waals surface area contributed by atoms with Crippen LogP contribution in [0.2, 0.25) is 0 Å². The normalized spacial score (nSPS) is 16.6. The number of anilines is 2. The van der Waals surface area contributed by atoms with Crippen molar-refractivity contribution in [2.45, 2.75) is 104 Å².